The van der Waals surface area contributed by atoms with Crippen molar-refractivity contribution in [2.75, 3.05) is 6.54 Å². The molecule has 5 heteroatoms. The van der Waals surface area contributed by atoms with Crippen molar-refractivity contribution in [1.82, 2.24) is 5.32 Å². The highest BCUT2D eigenvalue weighted by Crippen LogP contribution is 2.13. The largest absolute Gasteiger partial charge is 0.481 e. The number of carboxylic acid groups (broad SMARTS) is 1. The van der Waals surface area contributed by atoms with E-state index < -0.39 is 16.9 Å². The highest BCUT2D eigenvalue weighted by Gasteiger charge is 2.28. The van der Waals surface area contributed by atoms with Crippen LogP contribution < -0.4 is 11.1 Å². The van der Waals surface area contributed by atoms with Crippen LogP contribution in [-0.4, -0.2) is 29.1 Å². The summed E-state index contributed by atoms with van der Waals surface area (Å²) in [6.07, 6.45) is 0.183. The van der Waals surface area contributed by atoms with Crippen LogP contribution in [0.2, 0.25) is 0 Å². The van der Waals surface area contributed by atoms with Crippen LogP contribution in [0.15, 0.2) is 0 Å². The van der Waals surface area contributed by atoms with Crippen molar-refractivity contribution in [2.45, 2.75) is 39.7 Å². The quantitative estimate of drug-likeness (QED) is 0.618. The zero-order valence-corrected chi connectivity index (χ0v) is 9.76. The van der Waals surface area contributed by atoms with Crippen molar-refractivity contribution in [1.29, 1.82) is 0 Å². The molecule has 0 radical (unpaired) electrons. The van der Waals surface area contributed by atoms with Gasteiger partial charge in [-0.3, -0.25) is 9.59 Å². The number of carboxylic acids is 1. The first kappa shape index (κ1) is 13.9. The number of amides is 1. The van der Waals surface area contributed by atoms with Gasteiger partial charge in [-0.05, 0) is 27.7 Å². The minimum atomic E-state index is -0.950. The second-order valence-corrected chi connectivity index (χ2v) is 5.13. The summed E-state index contributed by atoms with van der Waals surface area (Å²) in [5.41, 5.74) is 4.14. The summed E-state index contributed by atoms with van der Waals surface area (Å²) >= 11 is 0. The number of hydrogen-bond acceptors (Lipinski definition) is 3. The van der Waals surface area contributed by atoms with E-state index in [0.717, 1.165) is 0 Å². The van der Waals surface area contributed by atoms with E-state index in [4.69, 9.17) is 10.8 Å². The van der Waals surface area contributed by atoms with Gasteiger partial charge in [-0.1, -0.05) is 0 Å². The molecule has 0 spiro atoms. The van der Waals surface area contributed by atoms with Crippen molar-refractivity contribution in [3.8, 4) is 0 Å². The van der Waals surface area contributed by atoms with Crippen LogP contribution in [0.3, 0.4) is 0 Å². The maximum atomic E-state index is 11.3. The molecule has 0 atom stereocenters. The van der Waals surface area contributed by atoms with E-state index in [1.54, 1.807) is 27.7 Å². The fraction of sp³-hybridized carbons (Fsp3) is 0.800. The lowest BCUT2D eigenvalue weighted by Crippen LogP contribution is -2.43. The normalized spacial score (nSPS) is 12.3. The third kappa shape index (κ3) is 6.06. The molecule has 0 aliphatic rings. The van der Waals surface area contributed by atoms with Crippen LogP contribution >= 0.6 is 0 Å². The molecule has 0 bridgehead atoms. The highest BCUT2D eigenvalue weighted by atomic mass is 16.4. The van der Waals surface area contributed by atoms with Crippen molar-refractivity contribution in [3.05, 3.63) is 0 Å². The standard InChI is InChI=1S/C10H20N2O3/c1-9(2,8(14)15)6-12-7(13)5-10(3,4)11/h5-6,11H2,1-4H3,(H,12,13)(H,14,15). The van der Waals surface area contributed by atoms with Crippen LogP contribution in [0, 0.1) is 5.41 Å². The summed E-state index contributed by atoms with van der Waals surface area (Å²) in [7, 11) is 0. The van der Waals surface area contributed by atoms with Crippen molar-refractivity contribution in [3.63, 3.8) is 0 Å². The molecule has 5 nitrogen and oxygen atoms in total. The number of carbonyl (C=O) groups excluding carboxylic acids is 1. The van der Waals surface area contributed by atoms with Crippen LogP contribution in [0.5, 0.6) is 0 Å². The van der Waals surface area contributed by atoms with Gasteiger partial charge in [-0.2, -0.15) is 0 Å². The topological polar surface area (TPSA) is 92.4 Å². The van der Waals surface area contributed by atoms with E-state index in [1.807, 2.05) is 0 Å². The Morgan fingerprint density at radius 1 is 1.27 bits per heavy atom. The summed E-state index contributed by atoms with van der Waals surface area (Å²) in [4.78, 5) is 22.1. The summed E-state index contributed by atoms with van der Waals surface area (Å²) in [6, 6.07) is 0. The van der Waals surface area contributed by atoms with Crippen molar-refractivity contribution >= 4 is 11.9 Å². The molecule has 0 aliphatic carbocycles. The first-order valence-corrected chi connectivity index (χ1v) is 4.83. The maximum absolute atomic E-state index is 11.3. The van der Waals surface area contributed by atoms with E-state index in [9.17, 15) is 9.59 Å². The van der Waals surface area contributed by atoms with Crippen LogP contribution in [0.4, 0.5) is 0 Å². The number of nitrogens with one attached hydrogen (secondary N) is 1. The average Bonchev–Trinajstić information content (AvgIpc) is 1.97. The predicted molar refractivity (Wildman–Crippen MR) is 57.3 cm³/mol. The minimum absolute atomic E-state index is 0.108. The lowest BCUT2D eigenvalue weighted by molar-refractivity contribution is -0.146. The zero-order valence-electron chi connectivity index (χ0n) is 9.76. The Bertz CT molecular complexity index is 254. The highest BCUT2D eigenvalue weighted by molar-refractivity contribution is 5.79. The van der Waals surface area contributed by atoms with Crippen molar-refractivity contribution < 1.29 is 14.7 Å². The molecule has 15 heavy (non-hydrogen) atoms. The number of rotatable bonds is 5. The molecule has 0 fully saturated rings. The average molecular weight is 216 g/mol. The van der Waals surface area contributed by atoms with Crippen LogP contribution in [0.1, 0.15) is 34.1 Å². The second-order valence-electron chi connectivity index (χ2n) is 5.13. The van der Waals surface area contributed by atoms with Gasteiger partial charge in [0, 0.05) is 18.5 Å². The Morgan fingerprint density at radius 3 is 2.07 bits per heavy atom. The van der Waals surface area contributed by atoms with E-state index >= 15 is 0 Å². The number of nitrogens with two attached hydrogens (primary N) is 1. The van der Waals surface area contributed by atoms with Gasteiger partial charge in [-0.25, -0.2) is 0 Å². The van der Waals surface area contributed by atoms with Gasteiger partial charge >= 0.3 is 5.97 Å². The molecule has 1 amide bonds. The monoisotopic (exact) mass is 216 g/mol. The summed E-state index contributed by atoms with van der Waals surface area (Å²) < 4.78 is 0. The Labute approximate surface area is 90.0 Å². The van der Waals surface area contributed by atoms with E-state index in [1.165, 1.54) is 0 Å². The molecular weight excluding hydrogens is 196 g/mol. The van der Waals surface area contributed by atoms with E-state index in [-0.39, 0.29) is 18.9 Å². The van der Waals surface area contributed by atoms with Gasteiger partial charge in [0.15, 0.2) is 0 Å². The van der Waals surface area contributed by atoms with E-state index in [0.29, 0.717) is 0 Å². The molecule has 0 saturated heterocycles. The fourth-order valence-corrected chi connectivity index (χ4v) is 0.871. The number of aliphatic carboxylic acids is 1. The Balaban J connectivity index is 4.07. The van der Waals surface area contributed by atoms with Gasteiger partial charge < -0.3 is 16.2 Å². The van der Waals surface area contributed by atoms with Crippen LogP contribution in [-0.2, 0) is 9.59 Å². The van der Waals surface area contributed by atoms with Gasteiger partial charge in [0.2, 0.25) is 5.91 Å². The lowest BCUT2D eigenvalue weighted by atomic mass is 9.93. The molecule has 0 aromatic rings. The summed E-state index contributed by atoms with van der Waals surface area (Å²) in [5.74, 6) is -1.16. The predicted octanol–water partition coefficient (Wildman–Crippen LogP) is 0.341. The molecule has 0 rings (SSSR count). The maximum Gasteiger partial charge on any atom is 0.310 e. The van der Waals surface area contributed by atoms with E-state index in [2.05, 4.69) is 5.32 Å². The molecule has 0 aromatic heterocycles. The zero-order chi connectivity index (χ0) is 12.3. The fourth-order valence-electron chi connectivity index (χ4n) is 0.871. The third-order valence-electron chi connectivity index (χ3n) is 1.92. The first-order valence-electron chi connectivity index (χ1n) is 4.83. The van der Waals surface area contributed by atoms with Gasteiger partial charge in [0.05, 0.1) is 5.41 Å². The number of hydrogen-bond donors (Lipinski definition) is 3. The smallest absolute Gasteiger partial charge is 0.310 e. The van der Waals surface area contributed by atoms with Crippen LogP contribution in [0.25, 0.3) is 0 Å². The molecule has 88 valence electrons. The Hall–Kier alpha value is -1.10. The van der Waals surface area contributed by atoms with Gasteiger partial charge in [-0.15, -0.1) is 0 Å². The molecular formula is C10H20N2O3. The van der Waals surface area contributed by atoms with Gasteiger partial charge in [0.25, 0.3) is 0 Å². The molecule has 0 heterocycles. The lowest BCUT2D eigenvalue weighted by Gasteiger charge is -2.22. The summed E-state index contributed by atoms with van der Waals surface area (Å²) in [6.45, 7) is 6.72. The second kappa shape index (κ2) is 4.61. The first-order chi connectivity index (χ1) is 6.54. The molecule has 0 unspecified atom stereocenters. The van der Waals surface area contributed by atoms with Crippen molar-refractivity contribution in [2.24, 2.45) is 11.1 Å². The third-order valence-corrected chi connectivity index (χ3v) is 1.92. The SMILES string of the molecule is CC(C)(N)CC(=O)NCC(C)(C)C(=O)O. The molecule has 4 N–H and O–H groups in total. The molecule has 0 aromatic carbocycles. The Morgan fingerprint density at radius 2 is 1.73 bits per heavy atom. The number of carbonyl (C=O) groups is 2. The summed E-state index contributed by atoms with van der Waals surface area (Å²) in [5, 5.41) is 11.4. The molecule has 0 saturated carbocycles. The Kier molecular flexibility index (Phi) is 4.27. The molecule has 0 aliphatic heterocycles. The van der Waals surface area contributed by atoms with Gasteiger partial charge in [0.1, 0.15) is 0 Å². The minimum Gasteiger partial charge on any atom is -0.481 e.